The number of nitrogens with zero attached hydrogens (tertiary/aromatic N) is 2. The van der Waals surface area contributed by atoms with Gasteiger partial charge in [-0.3, -0.25) is 9.79 Å². The maximum absolute atomic E-state index is 13.2. The number of benzene rings is 2. The molecule has 1 unspecified atom stereocenters. The highest BCUT2D eigenvalue weighted by molar-refractivity contribution is 6.32. The van der Waals surface area contributed by atoms with Crippen LogP contribution in [0.1, 0.15) is 50.2 Å². The third-order valence-corrected chi connectivity index (χ3v) is 7.50. The normalized spacial score (nSPS) is 21.3. The van der Waals surface area contributed by atoms with E-state index < -0.39 is 0 Å². The molecule has 7 heteroatoms. The van der Waals surface area contributed by atoms with E-state index in [-0.39, 0.29) is 23.9 Å². The van der Waals surface area contributed by atoms with Crippen molar-refractivity contribution in [3.63, 3.8) is 0 Å². The number of nitrogens with one attached hydrogen (secondary N) is 1. The average Bonchev–Trinajstić information content (AvgIpc) is 3.72. The highest BCUT2D eigenvalue weighted by Gasteiger charge is 2.39. The van der Waals surface area contributed by atoms with Gasteiger partial charge in [0.15, 0.2) is 0 Å². The van der Waals surface area contributed by atoms with E-state index in [2.05, 4.69) is 12.2 Å². The lowest BCUT2D eigenvalue weighted by molar-refractivity contribution is -0.120. The zero-order valence-electron chi connectivity index (χ0n) is 20.2. The molecular formula is C28H33ClN4O2. The number of carbonyl (C=O) groups excluding carboxylic acids is 1. The standard InChI is InChI=1S/C28H33ClN4O2/c1-18-6-9-23-25(33(18)28(34)19-7-8-19)11-10-22(27(23)35-26-5-3-2-4-24(26)29)20(16-30)17-32-21-12-14-31-15-13-21/h2-5,10-11,16-19,21,31H,6-9,12-15,30H2,1H3. The fourth-order valence-corrected chi connectivity index (χ4v) is 5.17. The van der Waals surface area contributed by atoms with E-state index in [1.54, 1.807) is 6.20 Å². The second-order valence-corrected chi connectivity index (χ2v) is 10.1. The Morgan fingerprint density at radius 2 is 1.91 bits per heavy atom. The van der Waals surface area contributed by atoms with Crippen LogP contribution in [-0.2, 0) is 11.2 Å². The van der Waals surface area contributed by atoms with Gasteiger partial charge in [0.25, 0.3) is 0 Å². The van der Waals surface area contributed by atoms with E-state index in [4.69, 9.17) is 27.1 Å². The first-order valence-electron chi connectivity index (χ1n) is 12.6. The highest BCUT2D eigenvalue weighted by atomic mass is 35.5. The second kappa shape index (κ2) is 10.4. The summed E-state index contributed by atoms with van der Waals surface area (Å²) in [4.78, 5) is 20.0. The van der Waals surface area contributed by atoms with Gasteiger partial charge in [0.2, 0.25) is 5.91 Å². The van der Waals surface area contributed by atoms with Gasteiger partial charge >= 0.3 is 0 Å². The molecule has 184 valence electrons. The van der Waals surface area contributed by atoms with Crippen LogP contribution >= 0.6 is 11.6 Å². The molecule has 1 aliphatic carbocycles. The average molecular weight is 493 g/mol. The largest absolute Gasteiger partial charge is 0.455 e. The van der Waals surface area contributed by atoms with Crippen LogP contribution in [-0.4, -0.2) is 37.3 Å². The molecule has 35 heavy (non-hydrogen) atoms. The van der Waals surface area contributed by atoms with Gasteiger partial charge in [0.05, 0.1) is 16.8 Å². The summed E-state index contributed by atoms with van der Waals surface area (Å²) in [6.07, 6.45) is 9.12. The summed E-state index contributed by atoms with van der Waals surface area (Å²) in [6, 6.07) is 11.9. The Morgan fingerprint density at radius 1 is 1.14 bits per heavy atom. The van der Waals surface area contributed by atoms with Gasteiger partial charge in [-0.2, -0.15) is 0 Å². The Bertz CT molecular complexity index is 1150. The van der Waals surface area contributed by atoms with E-state index in [1.165, 1.54) is 0 Å². The molecule has 1 amide bonds. The second-order valence-electron chi connectivity index (χ2n) is 9.72. The van der Waals surface area contributed by atoms with Gasteiger partial charge in [-0.05, 0) is 82.8 Å². The van der Waals surface area contributed by atoms with Gasteiger partial charge in [-0.15, -0.1) is 0 Å². The van der Waals surface area contributed by atoms with Crippen molar-refractivity contribution in [2.75, 3.05) is 18.0 Å². The predicted octanol–water partition coefficient (Wildman–Crippen LogP) is 5.33. The number of hydrogen-bond acceptors (Lipinski definition) is 5. The number of ether oxygens (including phenoxy) is 1. The monoisotopic (exact) mass is 492 g/mol. The molecule has 1 saturated carbocycles. The van der Waals surface area contributed by atoms with Crippen LogP contribution in [0.5, 0.6) is 11.5 Å². The molecule has 2 aliphatic heterocycles. The lowest BCUT2D eigenvalue weighted by atomic mass is 9.91. The fraction of sp³-hybridized carbons (Fsp3) is 0.429. The Kier molecular flexibility index (Phi) is 7.12. The molecule has 3 aliphatic rings. The molecular weight excluding hydrogens is 460 g/mol. The van der Waals surface area contributed by atoms with Crippen molar-refractivity contribution < 1.29 is 9.53 Å². The molecule has 2 heterocycles. The zero-order chi connectivity index (χ0) is 24.4. The minimum absolute atomic E-state index is 0.146. The molecule has 2 fully saturated rings. The van der Waals surface area contributed by atoms with E-state index in [0.29, 0.717) is 16.5 Å². The van der Waals surface area contributed by atoms with Crippen LogP contribution in [0.15, 0.2) is 47.6 Å². The van der Waals surface area contributed by atoms with E-state index in [9.17, 15) is 4.79 Å². The molecule has 3 N–H and O–H groups in total. The molecule has 1 saturated heterocycles. The highest BCUT2D eigenvalue weighted by Crippen LogP contribution is 2.45. The Labute approximate surface area is 212 Å². The molecule has 0 spiro atoms. The number of nitrogens with two attached hydrogens (primary N) is 1. The Morgan fingerprint density at radius 3 is 2.63 bits per heavy atom. The number of hydrogen-bond donors (Lipinski definition) is 2. The summed E-state index contributed by atoms with van der Waals surface area (Å²) in [7, 11) is 0. The number of aliphatic imine (C=N–C) groups is 1. The summed E-state index contributed by atoms with van der Waals surface area (Å²) in [5.41, 5.74) is 9.73. The smallest absolute Gasteiger partial charge is 0.230 e. The van der Waals surface area contributed by atoms with E-state index >= 15 is 0 Å². The third kappa shape index (κ3) is 5.09. The summed E-state index contributed by atoms with van der Waals surface area (Å²) >= 11 is 6.48. The Hall–Kier alpha value is -2.83. The first kappa shape index (κ1) is 23.9. The lowest BCUT2D eigenvalue weighted by Gasteiger charge is -2.37. The van der Waals surface area contributed by atoms with Crippen molar-refractivity contribution in [2.24, 2.45) is 16.6 Å². The number of para-hydroxylation sites is 1. The third-order valence-electron chi connectivity index (χ3n) is 7.18. The molecule has 2 aromatic carbocycles. The number of amides is 1. The van der Waals surface area contributed by atoms with E-state index in [1.807, 2.05) is 47.5 Å². The van der Waals surface area contributed by atoms with Crippen LogP contribution in [0.3, 0.4) is 0 Å². The van der Waals surface area contributed by atoms with Crippen molar-refractivity contribution in [1.82, 2.24) is 5.32 Å². The van der Waals surface area contributed by atoms with Crippen LogP contribution in [0.4, 0.5) is 5.69 Å². The van der Waals surface area contributed by atoms with Crippen molar-refractivity contribution in [3.05, 3.63) is 58.7 Å². The summed E-state index contributed by atoms with van der Waals surface area (Å²) in [6.45, 7) is 4.08. The number of fused-ring (bicyclic) bond motifs is 1. The number of carbonyl (C=O) groups is 1. The van der Waals surface area contributed by atoms with Crippen LogP contribution in [0, 0.1) is 5.92 Å². The molecule has 0 bridgehead atoms. The fourth-order valence-electron chi connectivity index (χ4n) is 4.99. The van der Waals surface area contributed by atoms with Gasteiger partial charge in [-0.25, -0.2) is 0 Å². The topological polar surface area (TPSA) is 80.0 Å². The summed E-state index contributed by atoms with van der Waals surface area (Å²) in [5.74, 6) is 1.64. The van der Waals surface area contributed by atoms with Gasteiger partial charge in [0, 0.05) is 41.1 Å². The molecule has 1 atom stereocenters. The first-order valence-corrected chi connectivity index (χ1v) is 13.0. The maximum Gasteiger partial charge on any atom is 0.230 e. The molecule has 6 nitrogen and oxygen atoms in total. The number of rotatable bonds is 6. The van der Waals surface area contributed by atoms with Gasteiger partial charge in [-0.1, -0.05) is 23.7 Å². The van der Waals surface area contributed by atoms with Gasteiger partial charge < -0.3 is 20.7 Å². The van der Waals surface area contributed by atoms with Crippen LogP contribution in [0.2, 0.25) is 5.02 Å². The molecule has 5 rings (SSSR count). The first-order chi connectivity index (χ1) is 17.1. The summed E-state index contributed by atoms with van der Waals surface area (Å²) < 4.78 is 6.51. The molecule has 0 aromatic heterocycles. The van der Waals surface area contributed by atoms with Crippen molar-refractivity contribution >= 4 is 35.0 Å². The quantitative estimate of drug-likeness (QED) is 0.534. The SMILES string of the molecule is CC1CCc2c(ccc(C(C=NC3CCNCC3)=CN)c2Oc2ccccc2Cl)N1C(=O)C1CC1. The predicted molar refractivity (Wildman–Crippen MR) is 143 cm³/mol. The zero-order valence-corrected chi connectivity index (χ0v) is 20.9. The van der Waals surface area contributed by atoms with Crippen LogP contribution in [0.25, 0.3) is 5.57 Å². The van der Waals surface area contributed by atoms with Crippen molar-refractivity contribution in [3.8, 4) is 11.5 Å². The minimum Gasteiger partial charge on any atom is -0.455 e. The number of piperidine rings is 1. The Balaban J connectivity index is 1.57. The maximum atomic E-state index is 13.2. The molecule has 2 aromatic rings. The number of allylic oxidation sites excluding steroid dienone is 1. The lowest BCUT2D eigenvalue weighted by Crippen LogP contribution is -2.43. The number of halogens is 1. The van der Waals surface area contributed by atoms with Crippen molar-refractivity contribution in [2.45, 2.75) is 57.5 Å². The molecule has 0 radical (unpaired) electrons. The minimum atomic E-state index is 0.146. The number of anilines is 1. The van der Waals surface area contributed by atoms with Gasteiger partial charge in [0.1, 0.15) is 11.5 Å². The summed E-state index contributed by atoms with van der Waals surface area (Å²) in [5, 5.41) is 3.91. The van der Waals surface area contributed by atoms with Crippen molar-refractivity contribution in [1.29, 1.82) is 0 Å². The van der Waals surface area contributed by atoms with Crippen LogP contribution < -0.4 is 20.7 Å². The van der Waals surface area contributed by atoms with E-state index in [0.717, 1.165) is 74.0 Å².